The second-order valence-corrected chi connectivity index (χ2v) is 5.66. The number of hydrogen-bond acceptors (Lipinski definition) is 2. The lowest BCUT2D eigenvalue weighted by Gasteiger charge is -2.17. The molecule has 0 aliphatic carbocycles. The van der Waals surface area contributed by atoms with Gasteiger partial charge in [0.05, 0.1) is 23.0 Å². The van der Waals surface area contributed by atoms with E-state index in [1.54, 1.807) is 18.3 Å². The van der Waals surface area contributed by atoms with Crippen LogP contribution in [-0.2, 0) is 0 Å². The number of aromatic nitrogens is 2. The molecule has 0 N–H and O–H groups in total. The van der Waals surface area contributed by atoms with E-state index in [0.717, 1.165) is 12.8 Å². The summed E-state index contributed by atoms with van der Waals surface area (Å²) in [5.74, 6) is 0.484. The monoisotopic (exact) mass is 332 g/mol. The lowest BCUT2D eigenvalue weighted by atomic mass is 10.1. The van der Waals surface area contributed by atoms with Crippen LogP contribution >= 0.6 is 34.8 Å². The van der Waals surface area contributed by atoms with Gasteiger partial charge >= 0.3 is 0 Å². The van der Waals surface area contributed by atoms with E-state index >= 15 is 0 Å². The highest BCUT2D eigenvalue weighted by Gasteiger charge is 2.12. The third-order valence-electron chi connectivity index (χ3n) is 3.08. The van der Waals surface area contributed by atoms with Gasteiger partial charge in [-0.2, -0.15) is 0 Å². The van der Waals surface area contributed by atoms with E-state index < -0.39 is 0 Å². The molecule has 0 aliphatic rings. The first-order valence-electron chi connectivity index (χ1n) is 6.36. The molecule has 0 fully saturated rings. The number of ether oxygens (including phenoxy) is 1. The maximum Gasteiger partial charge on any atom is 0.156 e. The molecule has 1 unspecified atom stereocenters. The van der Waals surface area contributed by atoms with Crippen molar-refractivity contribution in [1.29, 1.82) is 0 Å². The van der Waals surface area contributed by atoms with Crippen LogP contribution < -0.4 is 4.74 Å². The highest BCUT2D eigenvalue weighted by molar-refractivity contribution is 6.40. The third kappa shape index (κ3) is 3.81. The molecule has 1 aromatic carbocycles. The zero-order valence-corrected chi connectivity index (χ0v) is 13.3. The molecule has 1 atom stereocenters. The summed E-state index contributed by atoms with van der Waals surface area (Å²) in [6, 6.07) is 3.59. The Morgan fingerprint density at radius 2 is 1.95 bits per heavy atom. The molecule has 0 bridgehead atoms. The second-order valence-electron chi connectivity index (χ2n) is 4.41. The van der Waals surface area contributed by atoms with Crippen molar-refractivity contribution in [3.8, 4) is 5.75 Å². The van der Waals surface area contributed by atoms with E-state index in [1.165, 1.54) is 0 Å². The van der Waals surface area contributed by atoms with Crippen LogP contribution in [0.5, 0.6) is 5.75 Å². The van der Waals surface area contributed by atoms with Crippen molar-refractivity contribution in [2.75, 3.05) is 6.61 Å². The summed E-state index contributed by atoms with van der Waals surface area (Å²) in [6.45, 7) is 2.66. The van der Waals surface area contributed by atoms with Crippen molar-refractivity contribution in [3.63, 3.8) is 0 Å². The quantitative estimate of drug-likeness (QED) is 0.720. The smallest absolute Gasteiger partial charge is 0.156 e. The number of benzene rings is 1. The van der Waals surface area contributed by atoms with Gasteiger partial charge in [-0.1, -0.05) is 41.7 Å². The minimum Gasteiger partial charge on any atom is -0.490 e. The molecule has 2 rings (SSSR count). The van der Waals surface area contributed by atoms with Crippen molar-refractivity contribution < 1.29 is 4.74 Å². The number of hydrogen-bond donors (Lipinski definition) is 0. The van der Waals surface area contributed by atoms with Gasteiger partial charge in [0.2, 0.25) is 0 Å². The number of halogens is 3. The van der Waals surface area contributed by atoms with Crippen molar-refractivity contribution in [1.82, 2.24) is 9.55 Å². The van der Waals surface area contributed by atoms with Gasteiger partial charge in [-0.3, -0.25) is 0 Å². The maximum absolute atomic E-state index is 6.07. The first-order valence-corrected chi connectivity index (χ1v) is 7.50. The van der Waals surface area contributed by atoms with E-state index in [2.05, 4.69) is 16.5 Å². The fraction of sp³-hybridized carbons (Fsp3) is 0.357. The lowest BCUT2D eigenvalue weighted by Crippen LogP contribution is -2.11. The minimum atomic E-state index is 0.349. The summed E-state index contributed by atoms with van der Waals surface area (Å²) >= 11 is 18.0. The maximum atomic E-state index is 6.07. The Morgan fingerprint density at radius 3 is 2.50 bits per heavy atom. The Bertz CT molecular complexity index is 535. The average molecular weight is 334 g/mol. The summed E-state index contributed by atoms with van der Waals surface area (Å²) in [7, 11) is 0. The highest BCUT2D eigenvalue weighted by atomic mass is 35.5. The zero-order chi connectivity index (χ0) is 14.5. The molecule has 0 radical (unpaired) electrons. The number of imidazole rings is 1. The predicted octanol–water partition coefficient (Wildman–Crippen LogP) is 5.26. The normalized spacial score (nSPS) is 12.4. The van der Waals surface area contributed by atoms with Gasteiger partial charge < -0.3 is 9.30 Å². The summed E-state index contributed by atoms with van der Waals surface area (Å²) in [5.41, 5.74) is 0. The summed E-state index contributed by atoms with van der Waals surface area (Å²) < 4.78 is 7.77. The molecule has 0 amide bonds. The molecule has 20 heavy (non-hydrogen) atoms. The van der Waals surface area contributed by atoms with Crippen molar-refractivity contribution >= 4 is 34.8 Å². The lowest BCUT2D eigenvalue weighted by molar-refractivity contribution is 0.275. The number of rotatable bonds is 6. The Kier molecular flexibility index (Phi) is 5.58. The van der Waals surface area contributed by atoms with E-state index in [0.29, 0.717) is 33.5 Å². The second kappa shape index (κ2) is 7.21. The fourth-order valence-electron chi connectivity index (χ4n) is 2.01. The van der Waals surface area contributed by atoms with Crippen LogP contribution in [0.25, 0.3) is 0 Å². The van der Waals surface area contributed by atoms with Gasteiger partial charge in [0, 0.05) is 29.9 Å². The van der Waals surface area contributed by atoms with Gasteiger partial charge in [0.1, 0.15) is 0 Å². The summed E-state index contributed by atoms with van der Waals surface area (Å²) in [4.78, 5) is 4.06. The SMILES string of the molecule is CCC(CCOc1c(Cl)cc(Cl)cc1Cl)n1ccnc1. The molecular formula is C14H15Cl3N2O. The topological polar surface area (TPSA) is 27.1 Å². The van der Waals surface area contributed by atoms with Gasteiger partial charge in [0.25, 0.3) is 0 Å². The van der Waals surface area contributed by atoms with E-state index in [4.69, 9.17) is 39.5 Å². The van der Waals surface area contributed by atoms with Crippen LogP contribution in [0, 0.1) is 0 Å². The molecule has 6 heteroatoms. The van der Waals surface area contributed by atoms with Crippen LogP contribution in [0.4, 0.5) is 0 Å². The highest BCUT2D eigenvalue weighted by Crippen LogP contribution is 2.36. The van der Waals surface area contributed by atoms with Gasteiger partial charge in [0.15, 0.2) is 5.75 Å². The number of nitrogens with zero attached hydrogens (tertiary/aromatic N) is 2. The standard InChI is InChI=1S/C14H15Cl3N2O/c1-2-11(19-5-4-18-9-19)3-6-20-14-12(16)7-10(15)8-13(14)17/h4-5,7-9,11H,2-3,6H2,1H3. The fourth-order valence-corrected chi connectivity index (χ4v) is 2.94. The molecule has 2 aromatic rings. The van der Waals surface area contributed by atoms with Crippen LogP contribution in [0.2, 0.25) is 15.1 Å². The first kappa shape index (κ1) is 15.5. The molecule has 0 saturated carbocycles. The van der Waals surface area contributed by atoms with E-state index in [9.17, 15) is 0 Å². The van der Waals surface area contributed by atoms with Crippen molar-refractivity contribution in [3.05, 3.63) is 45.9 Å². The van der Waals surface area contributed by atoms with Gasteiger partial charge in [-0.25, -0.2) is 4.98 Å². The molecule has 0 spiro atoms. The van der Waals surface area contributed by atoms with E-state index in [1.807, 2.05) is 12.5 Å². The molecule has 108 valence electrons. The molecular weight excluding hydrogens is 319 g/mol. The summed E-state index contributed by atoms with van der Waals surface area (Å²) in [6.07, 6.45) is 7.40. The minimum absolute atomic E-state index is 0.349. The third-order valence-corrected chi connectivity index (χ3v) is 3.86. The Balaban J connectivity index is 1.96. The molecule has 1 aromatic heterocycles. The van der Waals surface area contributed by atoms with Crippen LogP contribution in [0.3, 0.4) is 0 Å². The van der Waals surface area contributed by atoms with Gasteiger partial charge in [-0.05, 0) is 18.6 Å². The summed E-state index contributed by atoms with van der Waals surface area (Å²) in [5, 5.41) is 1.36. The van der Waals surface area contributed by atoms with E-state index in [-0.39, 0.29) is 0 Å². The molecule has 3 nitrogen and oxygen atoms in total. The largest absolute Gasteiger partial charge is 0.490 e. The molecule has 1 heterocycles. The first-order chi connectivity index (χ1) is 9.61. The van der Waals surface area contributed by atoms with Crippen LogP contribution in [0.1, 0.15) is 25.8 Å². The van der Waals surface area contributed by atoms with Crippen molar-refractivity contribution in [2.45, 2.75) is 25.8 Å². The Labute approximate surface area is 133 Å². The van der Waals surface area contributed by atoms with Gasteiger partial charge in [-0.15, -0.1) is 0 Å². The Hall–Kier alpha value is -0.900. The van der Waals surface area contributed by atoms with Crippen LogP contribution in [0.15, 0.2) is 30.9 Å². The van der Waals surface area contributed by atoms with Crippen molar-refractivity contribution in [2.24, 2.45) is 0 Å². The predicted molar refractivity (Wildman–Crippen MR) is 83.1 cm³/mol. The molecule has 0 aliphatic heterocycles. The average Bonchev–Trinajstić information content (AvgIpc) is 2.90. The zero-order valence-electron chi connectivity index (χ0n) is 11.0. The Morgan fingerprint density at radius 1 is 1.25 bits per heavy atom. The van der Waals surface area contributed by atoms with Crippen LogP contribution in [-0.4, -0.2) is 16.2 Å². The molecule has 0 saturated heterocycles.